The summed E-state index contributed by atoms with van der Waals surface area (Å²) in [5, 5.41) is 10.6. The van der Waals surface area contributed by atoms with E-state index < -0.39 is 0 Å². The predicted molar refractivity (Wildman–Crippen MR) is 183 cm³/mol. The van der Waals surface area contributed by atoms with Gasteiger partial charge in [-0.25, -0.2) is 0 Å². The Hall–Kier alpha value is -5.66. The van der Waals surface area contributed by atoms with Gasteiger partial charge in [0, 0.05) is 22.0 Å². The summed E-state index contributed by atoms with van der Waals surface area (Å²) in [7, 11) is 0. The molecule has 7 aromatic carbocycles. The zero-order chi connectivity index (χ0) is 28.1. The number of hydrogen-bond acceptors (Lipinski definition) is 0. The minimum absolute atomic E-state index is 1.18. The van der Waals surface area contributed by atoms with Crippen molar-refractivity contribution < 1.29 is 0 Å². The topological polar surface area (TPSA) is 4.93 Å². The number of hydrogen-bond donors (Lipinski definition) is 0. The average molecular weight is 544 g/mol. The smallest absolute Gasteiger partial charge is 0.0548 e. The van der Waals surface area contributed by atoms with Gasteiger partial charge in [0.15, 0.2) is 0 Å². The first kappa shape index (κ1) is 23.0. The Balaban J connectivity index is 1.46. The molecule has 0 saturated carbocycles. The van der Waals surface area contributed by atoms with Crippen molar-refractivity contribution >= 4 is 54.1 Å². The molecule has 2 aliphatic rings. The summed E-state index contributed by atoms with van der Waals surface area (Å²) < 4.78 is 2.49. The van der Waals surface area contributed by atoms with E-state index in [1.807, 2.05) is 0 Å². The van der Waals surface area contributed by atoms with E-state index in [-0.39, 0.29) is 0 Å². The maximum Gasteiger partial charge on any atom is 0.0548 e. The molecule has 0 amide bonds. The molecule has 1 heteroatoms. The molecule has 0 radical (unpaired) electrons. The summed E-state index contributed by atoms with van der Waals surface area (Å²) >= 11 is 0. The van der Waals surface area contributed by atoms with Crippen LogP contribution in [0.15, 0.2) is 152 Å². The summed E-state index contributed by atoms with van der Waals surface area (Å²) in [6.07, 6.45) is 0. The predicted octanol–water partition coefficient (Wildman–Crippen LogP) is 11.6. The SMILES string of the molecule is c1ccc(-c2cccc(-n3c4ccc5c6c4c4c7c(cccc7c(-c7ccccc7)c-6c6ccccc65)ccc43)c2)cc1. The molecule has 2 aliphatic carbocycles. The second-order valence-electron chi connectivity index (χ2n) is 11.7. The fourth-order valence-electron chi connectivity index (χ4n) is 7.76. The van der Waals surface area contributed by atoms with Gasteiger partial charge in [0.2, 0.25) is 0 Å². The number of aromatic nitrogens is 1. The summed E-state index contributed by atoms with van der Waals surface area (Å²) in [4.78, 5) is 0. The van der Waals surface area contributed by atoms with Crippen LogP contribution in [0, 0.1) is 0 Å². The Bertz CT molecular complexity index is 2590. The van der Waals surface area contributed by atoms with E-state index in [2.05, 4.69) is 156 Å². The standard InChI is InChI=1S/C42H25N/c1-3-11-26(12-4-1)29-16-9-17-30(25-29)43-35-23-21-28-15-10-20-34-37(27-13-5-2-6-14-27)39-32-19-8-7-18-31(32)33-22-24-36(43)42(40(33)39)41(35)38(28)34/h1-25H. The van der Waals surface area contributed by atoms with Crippen LogP contribution in [0.2, 0.25) is 0 Å². The number of fused-ring (bicyclic) bond motifs is 3. The van der Waals surface area contributed by atoms with Gasteiger partial charge < -0.3 is 4.57 Å². The lowest BCUT2D eigenvalue weighted by Crippen LogP contribution is -1.95. The highest BCUT2D eigenvalue weighted by atomic mass is 15.0. The third kappa shape index (κ3) is 3.01. The molecule has 0 fully saturated rings. The van der Waals surface area contributed by atoms with Gasteiger partial charge in [-0.05, 0) is 84.4 Å². The second kappa shape index (κ2) is 8.44. The van der Waals surface area contributed by atoms with Crippen LogP contribution in [-0.4, -0.2) is 4.57 Å². The van der Waals surface area contributed by atoms with Crippen molar-refractivity contribution in [1.82, 2.24) is 4.57 Å². The minimum atomic E-state index is 1.18. The maximum absolute atomic E-state index is 2.49. The van der Waals surface area contributed by atoms with Crippen LogP contribution in [0.25, 0.3) is 93.2 Å². The first-order valence-corrected chi connectivity index (χ1v) is 15.0. The highest BCUT2D eigenvalue weighted by Crippen LogP contribution is 2.55. The molecular formula is C42H25N. The second-order valence-corrected chi connectivity index (χ2v) is 11.7. The van der Waals surface area contributed by atoms with Crippen LogP contribution in [0.5, 0.6) is 0 Å². The molecule has 198 valence electrons. The normalized spacial score (nSPS) is 12.2. The summed E-state index contributed by atoms with van der Waals surface area (Å²) in [5.74, 6) is 0. The minimum Gasteiger partial charge on any atom is -0.309 e. The summed E-state index contributed by atoms with van der Waals surface area (Å²) in [5.41, 5.74) is 11.4. The lowest BCUT2D eigenvalue weighted by Gasteiger charge is -2.14. The van der Waals surface area contributed by atoms with Crippen LogP contribution >= 0.6 is 0 Å². The van der Waals surface area contributed by atoms with Crippen LogP contribution in [0.1, 0.15) is 0 Å². The van der Waals surface area contributed by atoms with Crippen molar-refractivity contribution in [3.8, 4) is 39.1 Å². The molecule has 43 heavy (non-hydrogen) atoms. The highest BCUT2D eigenvalue weighted by Gasteiger charge is 2.29. The van der Waals surface area contributed by atoms with E-state index >= 15 is 0 Å². The van der Waals surface area contributed by atoms with Gasteiger partial charge >= 0.3 is 0 Å². The van der Waals surface area contributed by atoms with E-state index in [1.165, 1.54) is 93.2 Å². The van der Waals surface area contributed by atoms with Crippen molar-refractivity contribution in [1.29, 1.82) is 0 Å². The zero-order valence-electron chi connectivity index (χ0n) is 23.4. The quantitative estimate of drug-likeness (QED) is 0.209. The van der Waals surface area contributed by atoms with E-state index in [0.717, 1.165) is 0 Å². The van der Waals surface area contributed by atoms with Gasteiger partial charge in [-0.1, -0.05) is 127 Å². The Morgan fingerprint density at radius 2 is 0.953 bits per heavy atom. The molecule has 1 nitrogen and oxygen atoms in total. The molecule has 0 atom stereocenters. The van der Waals surface area contributed by atoms with Gasteiger partial charge in [-0.2, -0.15) is 0 Å². The molecule has 0 spiro atoms. The van der Waals surface area contributed by atoms with Gasteiger partial charge in [0.05, 0.1) is 11.0 Å². The van der Waals surface area contributed by atoms with E-state index in [1.54, 1.807) is 0 Å². The van der Waals surface area contributed by atoms with Gasteiger partial charge in [-0.15, -0.1) is 0 Å². The first-order valence-electron chi connectivity index (χ1n) is 15.0. The first-order chi connectivity index (χ1) is 21.4. The zero-order valence-corrected chi connectivity index (χ0v) is 23.4. The van der Waals surface area contributed by atoms with Crippen molar-refractivity contribution in [2.45, 2.75) is 0 Å². The molecule has 0 unspecified atom stereocenters. The molecule has 10 rings (SSSR count). The molecule has 0 N–H and O–H groups in total. The van der Waals surface area contributed by atoms with E-state index in [9.17, 15) is 0 Å². The van der Waals surface area contributed by atoms with Gasteiger partial charge in [0.1, 0.15) is 0 Å². The van der Waals surface area contributed by atoms with Gasteiger partial charge in [0.25, 0.3) is 0 Å². The molecule has 1 heterocycles. The lowest BCUT2D eigenvalue weighted by molar-refractivity contribution is 1.18. The van der Waals surface area contributed by atoms with Gasteiger partial charge in [-0.3, -0.25) is 0 Å². The van der Waals surface area contributed by atoms with Crippen molar-refractivity contribution in [3.05, 3.63) is 152 Å². The van der Waals surface area contributed by atoms with Crippen molar-refractivity contribution in [2.24, 2.45) is 0 Å². The van der Waals surface area contributed by atoms with Crippen LogP contribution < -0.4 is 0 Å². The molecule has 0 saturated heterocycles. The van der Waals surface area contributed by atoms with Crippen LogP contribution in [0.3, 0.4) is 0 Å². The Labute approximate surface area is 248 Å². The molecule has 0 bridgehead atoms. The summed E-state index contributed by atoms with van der Waals surface area (Å²) in [6.45, 7) is 0. The largest absolute Gasteiger partial charge is 0.309 e. The van der Waals surface area contributed by atoms with Crippen molar-refractivity contribution in [2.75, 3.05) is 0 Å². The molecule has 0 aliphatic heterocycles. The number of nitrogens with zero attached hydrogens (tertiary/aromatic N) is 1. The van der Waals surface area contributed by atoms with Crippen LogP contribution in [0.4, 0.5) is 0 Å². The summed E-state index contributed by atoms with van der Waals surface area (Å²) in [6, 6.07) is 55.8. The molecular weight excluding hydrogens is 518 g/mol. The fourth-order valence-corrected chi connectivity index (χ4v) is 7.76. The highest BCUT2D eigenvalue weighted by molar-refractivity contribution is 6.39. The molecule has 8 aromatic rings. The third-order valence-electron chi connectivity index (χ3n) is 9.47. The van der Waals surface area contributed by atoms with Crippen molar-refractivity contribution in [3.63, 3.8) is 0 Å². The molecule has 1 aromatic heterocycles. The Morgan fingerprint density at radius 1 is 0.326 bits per heavy atom. The van der Waals surface area contributed by atoms with E-state index in [4.69, 9.17) is 0 Å². The number of rotatable bonds is 3. The Kier molecular flexibility index (Phi) is 4.51. The number of benzene rings is 7. The van der Waals surface area contributed by atoms with Crippen LogP contribution in [-0.2, 0) is 0 Å². The van der Waals surface area contributed by atoms with E-state index in [0.29, 0.717) is 0 Å². The lowest BCUT2D eigenvalue weighted by atomic mass is 9.92. The fraction of sp³-hybridized carbons (Fsp3) is 0. The third-order valence-corrected chi connectivity index (χ3v) is 9.47. The Morgan fingerprint density at radius 3 is 1.79 bits per heavy atom. The monoisotopic (exact) mass is 543 g/mol. The average Bonchev–Trinajstić information content (AvgIpc) is 3.54. The maximum atomic E-state index is 2.49.